The van der Waals surface area contributed by atoms with Gasteiger partial charge in [0.2, 0.25) is 5.91 Å². The van der Waals surface area contributed by atoms with E-state index in [1.807, 2.05) is 47.9 Å². The van der Waals surface area contributed by atoms with Gasteiger partial charge in [0.15, 0.2) is 0 Å². The number of carbonyl (C=O) groups excluding carboxylic acids is 1. The number of fused-ring (bicyclic) bond motifs is 1. The summed E-state index contributed by atoms with van der Waals surface area (Å²) in [5.41, 5.74) is 2.39. The lowest BCUT2D eigenvalue weighted by atomic mass is 9.73. The van der Waals surface area contributed by atoms with Crippen molar-refractivity contribution in [2.75, 3.05) is 32.5 Å². The number of aromatic nitrogens is 1. The Labute approximate surface area is 237 Å². The minimum absolute atomic E-state index is 0.317. The van der Waals surface area contributed by atoms with Crippen molar-refractivity contribution < 1.29 is 19.8 Å². The summed E-state index contributed by atoms with van der Waals surface area (Å²) < 4.78 is 5.34. The number of hydroxylamine groups is 1. The number of halogens is 2. The summed E-state index contributed by atoms with van der Waals surface area (Å²) in [5, 5.41) is 22.6. The van der Waals surface area contributed by atoms with E-state index in [4.69, 9.17) is 27.9 Å². The predicted molar refractivity (Wildman–Crippen MR) is 152 cm³/mol. The lowest BCUT2D eigenvalue weighted by molar-refractivity contribution is -0.143. The van der Waals surface area contributed by atoms with E-state index in [2.05, 4.69) is 9.88 Å². The topological polar surface area (TPSA) is 94.9 Å². The molecule has 1 aliphatic heterocycles. The van der Waals surface area contributed by atoms with Gasteiger partial charge in [0, 0.05) is 22.0 Å². The largest absolute Gasteiger partial charge is 0.497 e. The molecule has 0 saturated carbocycles. The number of piperidine rings is 1. The number of ether oxygens (including phenoxy) is 1. The first-order valence-corrected chi connectivity index (χ1v) is 14.5. The molecule has 1 amide bonds. The Kier molecular flexibility index (Phi) is 10.1. The first kappa shape index (κ1) is 28.9. The van der Waals surface area contributed by atoms with Gasteiger partial charge in [-0.3, -0.25) is 15.0 Å². The minimum atomic E-state index is -0.900. The lowest BCUT2D eigenvalue weighted by Gasteiger charge is -2.40. The number of rotatable bonds is 11. The number of methoxy groups -OCH3 is 1. The van der Waals surface area contributed by atoms with Crippen molar-refractivity contribution in [1.29, 1.82) is 0 Å². The fraction of sp³-hybridized carbons (Fsp3) is 0.429. The molecule has 0 unspecified atom stereocenters. The van der Waals surface area contributed by atoms with Crippen LogP contribution in [0.4, 0.5) is 0 Å². The summed E-state index contributed by atoms with van der Waals surface area (Å²) >= 11 is 14.5. The summed E-state index contributed by atoms with van der Waals surface area (Å²) in [4.78, 5) is 20.6. The van der Waals surface area contributed by atoms with E-state index < -0.39 is 17.4 Å². The van der Waals surface area contributed by atoms with E-state index in [0.717, 1.165) is 47.1 Å². The van der Waals surface area contributed by atoms with Crippen LogP contribution in [0.3, 0.4) is 0 Å². The number of pyridine rings is 1. The van der Waals surface area contributed by atoms with Gasteiger partial charge in [-0.1, -0.05) is 35.3 Å². The number of hydrogen-bond acceptors (Lipinski definition) is 7. The number of hydrogen-bond donors (Lipinski definition) is 3. The summed E-state index contributed by atoms with van der Waals surface area (Å²) in [6, 6.07) is 13.3. The summed E-state index contributed by atoms with van der Waals surface area (Å²) in [5.74, 6) is 1.20. The number of aliphatic hydroxyl groups is 1. The molecule has 3 aromatic rings. The second-order valence-electron chi connectivity index (χ2n) is 9.65. The quantitative estimate of drug-likeness (QED) is 0.109. The normalized spacial score (nSPS) is 16.3. The third kappa shape index (κ3) is 6.73. The van der Waals surface area contributed by atoms with Gasteiger partial charge >= 0.3 is 0 Å². The van der Waals surface area contributed by atoms with Gasteiger partial charge in [0.05, 0.1) is 34.2 Å². The number of likely N-dealkylation sites (tertiary alicyclic amines) is 1. The van der Waals surface area contributed by atoms with E-state index in [1.54, 1.807) is 18.9 Å². The van der Waals surface area contributed by atoms with Gasteiger partial charge in [0.25, 0.3) is 0 Å². The molecule has 1 aliphatic rings. The monoisotopic (exact) mass is 577 g/mol. The smallest absolute Gasteiger partial charge is 0.249 e. The number of benzene rings is 2. The van der Waals surface area contributed by atoms with E-state index in [9.17, 15) is 15.1 Å². The Morgan fingerprint density at radius 2 is 1.97 bits per heavy atom. The third-order valence-electron chi connectivity index (χ3n) is 7.41. The van der Waals surface area contributed by atoms with E-state index >= 15 is 0 Å². The molecule has 1 saturated heterocycles. The van der Waals surface area contributed by atoms with Crippen LogP contribution in [0.25, 0.3) is 10.9 Å². The first-order valence-electron chi connectivity index (χ1n) is 12.7. The lowest BCUT2D eigenvalue weighted by Crippen LogP contribution is -2.48. The summed E-state index contributed by atoms with van der Waals surface area (Å²) in [7, 11) is 1.58. The SMILES string of the molecule is COc1ccc2ncc(Cl)c([C@H](O)CCC3(C(=O)NO)CCN(CCCSc4ccccc4Cl)CC3)c2c1. The van der Waals surface area contributed by atoms with Crippen LogP contribution in [0, 0.1) is 5.41 Å². The molecule has 10 heteroatoms. The summed E-state index contributed by atoms with van der Waals surface area (Å²) in [6.45, 7) is 2.42. The number of amides is 1. The Morgan fingerprint density at radius 1 is 1.21 bits per heavy atom. The van der Waals surface area contributed by atoms with Gasteiger partial charge in [-0.05, 0) is 87.8 Å². The van der Waals surface area contributed by atoms with Crippen LogP contribution in [0.15, 0.2) is 53.6 Å². The molecular formula is C28H33Cl2N3O4S. The molecule has 4 rings (SSSR count). The number of thioether (sulfide) groups is 1. The molecule has 204 valence electrons. The first-order chi connectivity index (χ1) is 18.4. The molecule has 3 N–H and O–H groups in total. The third-order valence-corrected chi connectivity index (χ3v) is 9.31. The molecule has 0 radical (unpaired) electrons. The fourth-order valence-electron chi connectivity index (χ4n) is 5.14. The highest BCUT2D eigenvalue weighted by atomic mass is 35.5. The highest BCUT2D eigenvalue weighted by Crippen LogP contribution is 2.41. The highest BCUT2D eigenvalue weighted by molar-refractivity contribution is 7.99. The molecule has 1 atom stereocenters. The molecule has 1 aromatic heterocycles. The van der Waals surface area contributed by atoms with Crippen LogP contribution in [0.2, 0.25) is 10.0 Å². The standard InChI is InChI=1S/C28H33Cl2N3O4S/c1-37-19-7-8-23-20(17-19)26(22(30)18-31-23)24(34)9-10-28(27(35)32-36)11-14-33(15-12-28)13-4-16-38-25-6-3-2-5-21(25)29/h2-3,5-8,17-18,24,34,36H,4,9-16H2,1H3,(H,32,35)/t24-/m1/s1. The van der Waals surface area contributed by atoms with Crippen molar-refractivity contribution in [2.24, 2.45) is 5.41 Å². The van der Waals surface area contributed by atoms with Crippen LogP contribution in [-0.4, -0.2) is 58.6 Å². The Balaban J connectivity index is 1.36. The molecule has 7 nitrogen and oxygen atoms in total. The van der Waals surface area contributed by atoms with Crippen LogP contribution < -0.4 is 10.2 Å². The molecule has 1 fully saturated rings. The van der Waals surface area contributed by atoms with Crippen molar-refractivity contribution in [3.8, 4) is 5.75 Å². The van der Waals surface area contributed by atoms with Crippen molar-refractivity contribution >= 4 is 51.8 Å². The van der Waals surface area contributed by atoms with Gasteiger partial charge in [-0.15, -0.1) is 11.8 Å². The Hall–Kier alpha value is -2.07. The maximum absolute atomic E-state index is 12.8. The molecule has 0 bridgehead atoms. The second-order valence-corrected chi connectivity index (χ2v) is 11.6. The minimum Gasteiger partial charge on any atom is -0.497 e. The van der Waals surface area contributed by atoms with Gasteiger partial charge in [0.1, 0.15) is 5.75 Å². The Morgan fingerprint density at radius 3 is 2.68 bits per heavy atom. The molecule has 38 heavy (non-hydrogen) atoms. The number of nitrogens with zero attached hydrogens (tertiary/aromatic N) is 2. The average Bonchev–Trinajstić information content (AvgIpc) is 2.94. The van der Waals surface area contributed by atoms with Crippen molar-refractivity contribution in [3.05, 3.63) is 64.3 Å². The van der Waals surface area contributed by atoms with E-state index in [-0.39, 0.29) is 0 Å². The van der Waals surface area contributed by atoms with Crippen molar-refractivity contribution in [2.45, 2.75) is 43.1 Å². The van der Waals surface area contributed by atoms with Crippen LogP contribution >= 0.6 is 35.0 Å². The zero-order chi connectivity index (χ0) is 27.1. The second kappa shape index (κ2) is 13.3. The molecule has 2 heterocycles. The van der Waals surface area contributed by atoms with Gasteiger partial charge in [-0.2, -0.15) is 0 Å². The Bertz CT molecular complexity index is 1250. The number of aliphatic hydroxyl groups excluding tert-OH is 1. The van der Waals surface area contributed by atoms with Crippen LogP contribution in [0.5, 0.6) is 5.75 Å². The van der Waals surface area contributed by atoms with E-state index in [0.29, 0.717) is 47.5 Å². The maximum atomic E-state index is 12.8. The van der Waals surface area contributed by atoms with Gasteiger partial charge in [-0.25, -0.2) is 5.48 Å². The highest BCUT2D eigenvalue weighted by Gasteiger charge is 2.41. The van der Waals surface area contributed by atoms with Crippen LogP contribution in [-0.2, 0) is 4.79 Å². The zero-order valence-electron chi connectivity index (χ0n) is 21.3. The maximum Gasteiger partial charge on any atom is 0.249 e. The zero-order valence-corrected chi connectivity index (χ0v) is 23.7. The average molecular weight is 579 g/mol. The van der Waals surface area contributed by atoms with Crippen molar-refractivity contribution in [1.82, 2.24) is 15.4 Å². The molecular weight excluding hydrogens is 545 g/mol. The summed E-state index contributed by atoms with van der Waals surface area (Å²) in [6.07, 6.45) is 3.57. The number of carbonyl (C=O) groups is 1. The van der Waals surface area contributed by atoms with E-state index in [1.165, 1.54) is 6.20 Å². The van der Waals surface area contributed by atoms with Gasteiger partial charge < -0.3 is 14.7 Å². The van der Waals surface area contributed by atoms with Crippen LogP contribution in [0.1, 0.15) is 43.8 Å². The fourth-order valence-corrected chi connectivity index (χ4v) is 6.59. The molecule has 0 aliphatic carbocycles. The molecule has 2 aromatic carbocycles. The number of nitrogens with one attached hydrogen (secondary N) is 1. The predicted octanol–water partition coefficient (Wildman–Crippen LogP) is 6.13. The molecule has 0 spiro atoms. The van der Waals surface area contributed by atoms with Crippen molar-refractivity contribution in [3.63, 3.8) is 0 Å².